The van der Waals surface area contributed by atoms with Crippen LogP contribution in [0.1, 0.15) is 25.7 Å². The molecule has 0 aromatic carbocycles. The van der Waals surface area contributed by atoms with E-state index < -0.39 is 6.03 Å². The first kappa shape index (κ1) is 8.84. The smallest absolute Gasteiger partial charge is 0.312 e. The maximum atomic E-state index is 10.5. The van der Waals surface area contributed by atoms with E-state index in [0.717, 1.165) is 12.8 Å². The Kier molecular flexibility index (Phi) is 3.17. The molecular weight excluding hydrogens is 208 g/mol. The highest BCUT2D eigenvalue weighted by Crippen LogP contribution is 2.24. The van der Waals surface area contributed by atoms with Gasteiger partial charge < -0.3 is 11.1 Å². The molecule has 0 aromatic rings. The molecule has 11 heavy (non-hydrogen) atoms. The zero-order chi connectivity index (χ0) is 8.27. The Morgan fingerprint density at radius 2 is 2.09 bits per heavy atom. The fourth-order valence-corrected chi connectivity index (χ4v) is 2.15. The maximum Gasteiger partial charge on any atom is 0.312 e. The normalized spacial score (nSPS) is 31.4. The van der Waals surface area contributed by atoms with Gasteiger partial charge in [0, 0.05) is 10.9 Å². The molecule has 1 aliphatic rings. The first-order valence-electron chi connectivity index (χ1n) is 3.90. The van der Waals surface area contributed by atoms with Crippen molar-refractivity contribution in [1.82, 2.24) is 5.32 Å². The van der Waals surface area contributed by atoms with Gasteiger partial charge in [0.25, 0.3) is 0 Å². The number of urea groups is 1. The molecular formula is C7H13BrN2O. The Balaban J connectivity index is 2.35. The molecule has 0 saturated heterocycles. The average molecular weight is 221 g/mol. The highest BCUT2D eigenvalue weighted by atomic mass is 79.9. The lowest BCUT2D eigenvalue weighted by Crippen LogP contribution is -2.45. The zero-order valence-corrected chi connectivity index (χ0v) is 7.93. The minimum Gasteiger partial charge on any atom is -0.352 e. The summed E-state index contributed by atoms with van der Waals surface area (Å²) in [5, 5.41) is 2.72. The Bertz CT molecular complexity index is 151. The predicted octanol–water partition coefficient (Wildman–Crippen LogP) is 1.36. The van der Waals surface area contributed by atoms with E-state index in [1.54, 1.807) is 0 Å². The Hall–Kier alpha value is -0.250. The molecule has 0 radical (unpaired) electrons. The van der Waals surface area contributed by atoms with Crippen LogP contribution in [-0.2, 0) is 0 Å². The van der Waals surface area contributed by atoms with Gasteiger partial charge in [-0.25, -0.2) is 4.79 Å². The zero-order valence-electron chi connectivity index (χ0n) is 6.35. The summed E-state index contributed by atoms with van der Waals surface area (Å²) in [6.07, 6.45) is 4.60. The maximum absolute atomic E-state index is 10.5. The van der Waals surface area contributed by atoms with Crippen LogP contribution in [0.5, 0.6) is 0 Å². The first-order chi connectivity index (χ1) is 5.20. The molecule has 1 aliphatic carbocycles. The second-order valence-electron chi connectivity index (χ2n) is 2.92. The molecule has 0 bridgehead atoms. The summed E-state index contributed by atoms with van der Waals surface area (Å²) >= 11 is 3.51. The molecule has 2 atom stereocenters. The van der Waals surface area contributed by atoms with Crippen molar-refractivity contribution in [3.8, 4) is 0 Å². The van der Waals surface area contributed by atoms with Gasteiger partial charge in [0.05, 0.1) is 0 Å². The predicted molar refractivity (Wildman–Crippen MR) is 47.7 cm³/mol. The second-order valence-corrected chi connectivity index (χ2v) is 4.09. The molecule has 3 N–H and O–H groups in total. The number of nitrogens with two attached hydrogens (primary N) is 1. The summed E-state index contributed by atoms with van der Waals surface area (Å²) in [5.41, 5.74) is 5.01. The van der Waals surface area contributed by atoms with Crippen LogP contribution in [0.3, 0.4) is 0 Å². The number of carbonyl (C=O) groups excluding carboxylic acids is 1. The van der Waals surface area contributed by atoms with E-state index >= 15 is 0 Å². The average Bonchev–Trinajstić information content (AvgIpc) is 1.93. The third kappa shape index (κ3) is 2.69. The molecule has 2 unspecified atom stereocenters. The summed E-state index contributed by atoms with van der Waals surface area (Å²) in [6.45, 7) is 0. The number of hydrogen-bond donors (Lipinski definition) is 2. The largest absolute Gasteiger partial charge is 0.352 e. The van der Waals surface area contributed by atoms with Crippen molar-refractivity contribution in [2.24, 2.45) is 5.73 Å². The Morgan fingerprint density at radius 1 is 1.45 bits per heavy atom. The summed E-state index contributed by atoms with van der Waals surface area (Å²) in [7, 11) is 0. The number of rotatable bonds is 1. The quantitative estimate of drug-likeness (QED) is 0.645. The van der Waals surface area contributed by atoms with Crippen LogP contribution in [0.25, 0.3) is 0 Å². The van der Waals surface area contributed by atoms with Crippen LogP contribution in [0.2, 0.25) is 0 Å². The van der Waals surface area contributed by atoms with E-state index in [2.05, 4.69) is 21.2 Å². The van der Waals surface area contributed by atoms with E-state index in [1.807, 2.05) is 0 Å². The van der Waals surface area contributed by atoms with Gasteiger partial charge in [-0.3, -0.25) is 0 Å². The van der Waals surface area contributed by atoms with Crippen LogP contribution in [0.15, 0.2) is 0 Å². The monoisotopic (exact) mass is 220 g/mol. The van der Waals surface area contributed by atoms with Crippen LogP contribution in [-0.4, -0.2) is 16.9 Å². The van der Waals surface area contributed by atoms with Gasteiger partial charge in [-0.1, -0.05) is 28.8 Å². The molecule has 0 aromatic heterocycles. The standard InChI is InChI=1S/C7H13BrN2O/c8-5-3-1-2-4-6(5)10-7(9)11/h5-6H,1-4H2,(H3,9,10,11). The summed E-state index contributed by atoms with van der Waals surface area (Å²) in [5.74, 6) is 0. The molecule has 2 amide bonds. The van der Waals surface area contributed by atoms with Gasteiger partial charge in [-0.2, -0.15) is 0 Å². The van der Waals surface area contributed by atoms with E-state index in [-0.39, 0.29) is 6.04 Å². The van der Waals surface area contributed by atoms with Gasteiger partial charge in [-0.15, -0.1) is 0 Å². The van der Waals surface area contributed by atoms with Crippen molar-refractivity contribution in [3.05, 3.63) is 0 Å². The Morgan fingerprint density at radius 3 is 2.64 bits per heavy atom. The van der Waals surface area contributed by atoms with E-state index in [9.17, 15) is 4.79 Å². The molecule has 0 heterocycles. The summed E-state index contributed by atoms with van der Waals surface area (Å²) in [6, 6.07) is -0.178. The van der Waals surface area contributed by atoms with Crippen molar-refractivity contribution in [1.29, 1.82) is 0 Å². The molecule has 0 aliphatic heterocycles. The van der Waals surface area contributed by atoms with Crippen molar-refractivity contribution >= 4 is 22.0 Å². The van der Waals surface area contributed by atoms with Gasteiger partial charge >= 0.3 is 6.03 Å². The van der Waals surface area contributed by atoms with E-state index in [4.69, 9.17) is 5.73 Å². The first-order valence-corrected chi connectivity index (χ1v) is 4.82. The lowest BCUT2D eigenvalue weighted by Gasteiger charge is -2.27. The third-order valence-electron chi connectivity index (χ3n) is 2.01. The number of alkyl halides is 1. The second kappa shape index (κ2) is 3.95. The van der Waals surface area contributed by atoms with Gasteiger partial charge in [0.1, 0.15) is 0 Å². The van der Waals surface area contributed by atoms with Crippen molar-refractivity contribution in [3.63, 3.8) is 0 Å². The lowest BCUT2D eigenvalue weighted by atomic mass is 9.95. The van der Waals surface area contributed by atoms with Crippen LogP contribution in [0, 0.1) is 0 Å². The molecule has 1 rings (SSSR count). The van der Waals surface area contributed by atoms with Crippen molar-refractivity contribution < 1.29 is 4.79 Å². The molecule has 64 valence electrons. The minimum absolute atomic E-state index is 0.237. The van der Waals surface area contributed by atoms with Crippen molar-refractivity contribution in [2.45, 2.75) is 36.6 Å². The number of primary amides is 1. The number of nitrogens with one attached hydrogen (secondary N) is 1. The lowest BCUT2D eigenvalue weighted by molar-refractivity contribution is 0.242. The fraction of sp³-hybridized carbons (Fsp3) is 0.857. The highest BCUT2D eigenvalue weighted by molar-refractivity contribution is 9.09. The number of carbonyl (C=O) groups is 1. The van der Waals surface area contributed by atoms with Gasteiger partial charge in [0.15, 0.2) is 0 Å². The SMILES string of the molecule is NC(=O)NC1CCCCC1Br. The minimum atomic E-state index is -0.415. The fourth-order valence-electron chi connectivity index (χ4n) is 1.43. The Labute approximate surface area is 74.8 Å². The van der Waals surface area contributed by atoms with Crippen molar-refractivity contribution in [2.75, 3.05) is 0 Å². The summed E-state index contributed by atoms with van der Waals surface area (Å²) < 4.78 is 0. The van der Waals surface area contributed by atoms with Crippen LogP contribution in [0.4, 0.5) is 4.79 Å². The highest BCUT2D eigenvalue weighted by Gasteiger charge is 2.22. The van der Waals surface area contributed by atoms with Crippen LogP contribution >= 0.6 is 15.9 Å². The van der Waals surface area contributed by atoms with Gasteiger partial charge in [-0.05, 0) is 12.8 Å². The molecule has 1 fully saturated rings. The topological polar surface area (TPSA) is 55.1 Å². The number of hydrogen-bond acceptors (Lipinski definition) is 1. The van der Waals surface area contributed by atoms with E-state index in [0.29, 0.717) is 4.83 Å². The molecule has 3 nitrogen and oxygen atoms in total. The van der Waals surface area contributed by atoms with Gasteiger partial charge in [0.2, 0.25) is 0 Å². The number of amides is 2. The van der Waals surface area contributed by atoms with Crippen LogP contribution < -0.4 is 11.1 Å². The van der Waals surface area contributed by atoms with E-state index in [1.165, 1.54) is 12.8 Å². The summed E-state index contributed by atoms with van der Waals surface area (Å²) in [4.78, 5) is 10.9. The third-order valence-corrected chi connectivity index (χ3v) is 3.11. The molecule has 1 saturated carbocycles. The number of halogens is 1. The molecule has 4 heteroatoms. The molecule has 0 spiro atoms.